The van der Waals surface area contributed by atoms with E-state index in [9.17, 15) is 18.0 Å². The van der Waals surface area contributed by atoms with Crippen molar-refractivity contribution in [1.82, 2.24) is 25.1 Å². The molecule has 4 rings (SSSR count). The van der Waals surface area contributed by atoms with Gasteiger partial charge in [-0.25, -0.2) is 14.6 Å². The number of amides is 1. The highest BCUT2D eigenvalue weighted by Crippen LogP contribution is 2.36. The van der Waals surface area contributed by atoms with E-state index in [2.05, 4.69) is 20.4 Å². The molecular weight excluding hydrogens is 409 g/mol. The van der Waals surface area contributed by atoms with E-state index in [-0.39, 0.29) is 18.3 Å². The van der Waals surface area contributed by atoms with Crippen molar-refractivity contribution in [3.63, 3.8) is 0 Å². The first kappa shape index (κ1) is 20.8. The second-order valence-electron chi connectivity index (χ2n) is 7.35. The van der Waals surface area contributed by atoms with Crippen LogP contribution >= 0.6 is 0 Å². The molecule has 1 N–H and O–H groups in total. The van der Waals surface area contributed by atoms with Crippen molar-refractivity contribution in [1.29, 1.82) is 0 Å². The van der Waals surface area contributed by atoms with Crippen LogP contribution in [0.15, 0.2) is 55.1 Å². The molecular formula is C21H21F3N6O. The van der Waals surface area contributed by atoms with E-state index in [1.54, 1.807) is 40.3 Å². The number of rotatable bonds is 5. The van der Waals surface area contributed by atoms with Gasteiger partial charge in [0, 0.05) is 44.4 Å². The molecule has 1 fully saturated rings. The third-order valence-corrected chi connectivity index (χ3v) is 5.20. The van der Waals surface area contributed by atoms with Gasteiger partial charge >= 0.3 is 6.18 Å². The van der Waals surface area contributed by atoms with Crippen LogP contribution in [0.2, 0.25) is 0 Å². The van der Waals surface area contributed by atoms with Crippen LogP contribution in [0.4, 0.5) is 19.0 Å². The highest BCUT2D eigenvalue weighted by Gasteiger charge is 2.37. The minimum Gasteiger partial charge on any atom is -0.355 e. The number of hydrogen-bond donors (Lipinski definition) is 1. The van der Waals surface area contributed by atoms with Crippen molar-refractivity contribution in [3.05, 3.63) is 66.2 Å². The van der Waals surface area contributed by atoms with Crippen molar-refractivity contribution in [2.24, 2.45) is 5.92 Å². The number of anilines is 1. The molecule has 31 heavy (non-hydrogen) atoms. The zero-order valence-corrected chi connectivity index (χ0v) is 16.6. The number of alkyl halides is 3. The summed E-state index contributed by atoms with van der Waals surface area (Å²) in [5.74, 6) is -0.0526. The van der Waals surface area contributed by atoms with Gasteiger partial charge in [0.15, 0.2) is 5.82 Å². The molecule has 1 amide bonds. The average molecular weight is 430 g/mol. The number of piperidine rings is 1. The Bertz CT molecular complexity index is 1020. The van der Waals surface area contributed by atoms with Crippen LogP contribution in [0.25, 0.3) is 5.82 Å². The smallest absolute Gasteiger partial charge is 0.355 e. The fourth-order valence-corrected chi connectivity index (χ4v) is 3.65. The molecule has 10 heteroatoms. The average Bonchev–Trinajstić information content (AvgIpc) is 3.32. The van der Waals surface area contributed by atoms with Gasteiger partial charge in [0.2, 0.25) is 5.91 Å². The minimum atomic E-state index is -4.49. The van der Waals surface area contributed by atoms with Gasteiger partial charge in [-0.15, -0.1) is 0 Å². The normalized spacial score (nSPS) is 16.9. The second kappa shape index (κ2) is 8.75. The van der Waals surface area contributed by atoms with E-state index in [0.29, 0.717) is 31.7 Å². The predicted molar refractivity (Wildman–Crippen MR) is 107 cm³/mol. The van der Waals surface area contributed by atoms with E-state index in [4.69, 9.17) is 0 Å². The quantitative estimate of drug-likeness (QED) is 0.673. The summed E-state index contributed by atoms with van der Waals surface area (Å²) in [6, 6.07) is 7.74. The summed E-state index contributed by atoms with van der Waals surface area (Å²) in [5, 5.41) is 6.98. The van der Waals surface area contributed by atoms with Crippen LogP contribution in [0, 0.1) is 5.92 Å². The number of hydrogen-bond acceptors (Lipinski definition) is 5. The van der Waals surface area contributed by atoms with E-state index < -0.39 is 17.7 Å². The Hall–Kier alpha value is -3.43. The molecule has 7 nitrogen and oxygen atoms in total. The zero-order valence-electron chi connectivity index (χ0n) is 16.6. The van der Waals surface area contributed by atoms with Crippen molar-refractivity contribution in [2.75, 3.05) is 18.0 Å². The first-order chi connectivity index (χ1) is 14.9. The molecule has 3 aromatic rings. The summed E-state index contributed by atoms with van der Waals surface area (Å²) in [7, 11) is 0. The van der Waals surface area contributed by atoms with Gasteiger partial charge in [0.25, 0.3) is 0 Å². The molecule has 0 spiro atoms. The highest BCUT2D eigenvalue weighted by molar-refractivity contribution is 5.79. The van der Waals surface area contributed by atoms with Gasteiger partial charge < -0.3 is 10.2 Å². The molecule has 0 bridgehead atoms. The lowest BCUT2D eigenvalue weighted by molar-refractivity contribution is -0.137. The van der Waals surface area contributed by atoms with Gasteiger partial charge in [0.1, 0.15) is 5.82 Å². The van der Waals surface area contributed by atoms with E-state index in [1.165, 1.54) is 12.3 Å². The topological polar surface area (TPSA) is 75.9 Å². The number of halogens is 3. The number of carbonyl (C=O) groups excluding carboxylic acids is 1. The van der Waals surface area contributed by atoms with Crippen LogP contribution in [0.3, 0.4) is 0 Å². The Morgan fingerprint density at radius 1 is 1.16 bits per heavy atom. The van der Waals surface area contributed by atoms with Crippen molar-refractivity contribution in [2.45, 2.75) is 25.6 Å². The predicted octanol–water partition coefficient (Wildman–Crippen LogP) is 3.21. The SMILES string of the molecule is O=C(NCc1ccc(-n2cccn2)nc1)C1CCCN(c2ncccc2C(F)(F)F)C1. The molecule has 162 valence electrons. The summed E-state index contributed by atoms with van der Waals surface area (Å²) in [6.45, 7) is 0.921. The van der Waals surface area contributed by atoms with Crippen LogP contribution < -0.4 is 10.2 Å². The molecule has 3 aromatic heterocycles. The minimum absolute atomic E-state index is 0.120. The van der Waals surface area contributed by atoms with Gasteiger partial charge in [0.05, 0.1) is 11.5 Å². The van der Waals surface area contributed by atoms with E-state index >= 15 is 0 Å². The third-order valence-electron chi connectivity index (χ3n) is 5.20. The molecule has 1 aliphatic rings. The van der Waals surface area contributed by atoms with Gasteiger partial charge in [-0.2, -0.15) is 18.3 Å². The highest BCUT2D eigenvalue weighted by atomic mass is 19.4. The van der Waals surface area contributed by atoms with Gasteiger partial charge in [-0.05, 0) is 42.7 Å². The van der Waals surface area contributed by atoms with Gasteiger partial charge in [-0.3, -0.25) is 4.79 Å². The molecule has 1 saturated heterocycles. The van der Waals surface area contributed by atoms with E-state index in [1.807, 2.05) is 6.07 Å². The lowest BCUT2D eigenvalue weighted by atomic mass is 9.96. The molecule has 4 heterocycles. The standard InChI is InChI=1S/C21H21F3N6O/c22-21(23,24)17-5-1-8-25-19(17)29-10-2-4-16(14-29)20(31)27-13-15-6-7-18(26-12-15)30-11-3-9-28-30/h1,3,5-9,11-12,16H,2,4,10,13-14H2,(H,27,31). The maximum atomic E-state index is 13.3. The Morgan fingerprint density at radius 2 is 2.03 bits per heavy atom. The van der Waals surface area contributed by atoms with E-state index in [0.717, 1.165) is 11.6 Å². The Morgan fingerprint density at radius 3 is 2.74 bits per heavy atom. The number of nitrogens with zero attached hydrogens (tertiary/aromatic N) is 5. The maximum absolute atomic E-state index is 13.3. The lowest BCUT2D eigenvalue weighted by Crippen LogP contribution is -2.43. The van der Waals surface area contributed by atoms with Crippen LogP contribution in [0.1, 0.15) is 24.0 Å². The number of nitrogens with one attached hydrogen (secondary N) is 1. The monoisotopic (exact) mass is 430 g/mol. The summed E-state index contributed by atoms with van der Waals surface area (Å²) >= 11 is 0. The molecule has 0 radical (unpaired) electrons. The van der Waals surface area contributed by atoms with Crippen molar-refractivity contribution < 1.29 is 18.0 Å². The Balaban J connectivity index is 1.37. The van der Waals surface area contributed by atoms with Gasteiger partial charge in [-0.1, -0.05) is 6.07 Å². The summed E-state index contributed by atoms with van der Waals surface area (Å²) in [5.41, 5.74) is 0.0420. The molecule has 1 aliphatic heterocycles. The number of aromatic nitrogens is 4. The van der Waals surface area contributed by atoms with Crippen molar-refractivity contribution >= 4 is 11.7 Å². The second-order valence-corrected chi connectivity index (χ2v) is 7.35. The maximum Gasteiger partial charge on any atom is 0.419 e. The van der Waals surface area contributed by atoms with Crippen molar-refractivity contribution in [3.8, 4) is 5.82 Å². The van der Waals surface area contributed by atoms with Crippen LogP contribution in [-0.2, 0) is 17.5 Å². The molecule has 0 aliphatic carbocycles. The molecule has 1 unspecified atom stereocenters. The zero-order chi connectivity index (χ0) is 21.8. The first-order valence-electron chi connectivity index (χ1n) is 9.91. The number of carbonyl (C=O) groups is 1. The summed E-state index contributed by atoms with van der Waals surface area (Å²) in [6.07, 6.45) is 3.19. The fourth-order valence-electron chi connectivity index (χ4n) is 3.65. The van der Waals surface area contributed by atoms with Crippen LogP contribution in [0.5, 0.6) is 0 Å². The third kappa shape index (κ3) is 4.84. The Kier molecular flexibility index (Phi) is 5.88. The Labute approximate surface area is 176 Å². The fraction of sp³-hybridized carbons (Fsp3) is 0.333. The molecule has 0 saturated carbocycles. The first-order valence-corrected chi connectivity index (χ1v) is 9.91. The molecule has 1 atom stereocenters. The largest absolute Gasteiger partial charge is 0.419 e. The van der Waals surface area contributed by atoms with Crippen LogP contribution in [-0.4, -0.2) is 38.7 Å². The number of pyridine rings is 2. The summed E-state index contributed by atoms with van der Waals surface area (Å²) in [4.78, 5) is 22.5. The molecule has 0 aromatic carbocycles. The summed E-state index contributed by atoms with van der Waals surface area (Å²) < 4.78 is 41.6. The lowest BCUT2D eigenvalue weighted by Gasteiger charge is -2.34.